The fourth-order valence-corrected chi connectivity index (χ4v) is 4.78. The zero-order valence-corrected chi connectivity index (χ0v) is 17.6. The van der Waals surface area contributed by atoms with Gasteiger partial charge in [0.25, 0.3) is 5.91 Å². The Labute approximate surface area is 184 Å². The third-order valence-electron chi connectivity index (χ3n) is 6.05. The van der Waals surface area contributed by atoms with Gasteiger partial charge in [-0.25, -0.2) is 9.69 Å². The summed E-state index contributed by atoms with van der Waals surface area (Å²) in [7, 11) is 1.61. The summed E-state index contributed by atoms with van der Waals surface area (Å²) in [4.78, 5) is 31.8. The number of hydrogen-bond acceptors (Lipinski definition) is 5. The first-order chi connectivity index (χ1) is 15.1. The van der Waals surface area contributed by atoms with E-state index in [0.717, 1.165) is 22.1 Å². The number of urea groups is 1. The fourth-order valence-electron chi connectivity index (χ4n) is 4.51. The van der Waals surface area contributed by atoms with Crippen LogP contribution in [0.3, 0.4) is 0 Å². The monoisotopic (exact) mass is 436 g/mol. The maximum atomic E-state index is 13.4. The van der Waals surface area contributed by atoms with E-state index in [1.165, 1.54) is 4.90 Å². The molecule has 7 nitrogen and oxygen atoms in total. The van der Waals surface area contributed by atoms with Gasteiger partial charge in [-0.15, -0.1) is 0 Å². The van der Waals surface area contributed by atoms with Crippen molar-refractivity contribution in [2.45, 2.75) is 24.4 Å². The van der Waals surface area contributed by atoms with Crippen LogP contribution in [0, 0.1) is 0 Å². The van der Waals surface area contributed by atoms with Crippen molar-refractivity contribution in [1.29, 1.82) is 0 Å². The number of rotatable bonds is 3. The zero-order chi connectivity index (χ0) is 21.5. The number of pyridine rings is 1. The van der Waals surface area contributed by atoms with E-state index in [2.05, 4.69) is 15.6 Å². The summed E-state index contributed by atoms with van der Waals surface area (Å²) in [5.41, 5.74) is 1.42. The molecule has 0 spiro atoms. The molecular formula is C23H21ClN4O3. The number of nitrogens with one attached hydrogen (secondary N) is 2. The molecule has 2 aliphatic rings. The molecule has 1 aromatic heterocycles. The Morgan fingerprint density at radius 3 is 2.84 bits per heavy atom. The van der Waals surface area contributed by atoms with Crippen LogP contribution in [0.5, 0.6) is 5.75 Å². The number of carbonyl (C=O) groups excluding carboxylic acids is 2. The Kier molecular flexibility index (Phi) is 5.00. The maximum Gasteiger partial charge on any atom is 0.329 e. The molecule has 8 heteroatoms. The number of methoxy groups -OCH3 is 1. The minimum atomic E-state index is -0.516. The van der Waals surface area contributed by atoms with Crippen molar-refractivity contribution in [3.63, 3.8) is 0 Å². The average Bonchev–Trinajstić information content (AvgIpc) is 2.79. The molecule has 5 rings (SSSR count). The van der Waals surface area contributed by atoms with Gasteiger partial charge < -0.3 is 15.4 Å². The van der Waals surface area contributed by atoms with Crippen LogP contribution in [-0.2, 0) is 4.79 Å². The molecular weight excluding hydrogens is 416 g/mol. The van der Waals surface area contributed by atoms with Crippen LogP contribution in [0.15, 0.2) is 54.9 Å². The highest BCUT2D eigenvalue weighted by molar-refractivity contribution is 6.31. The van der Waals surface area contributed by atoms with Crippen LogP contribution in [0.2, 0.25) is 5.02 Å². The molecule has 3 aromatic rings. The summed E-state index contributed by atoms with van der Waals surface area (Å²) >= 11 is 6.42. The molecule has 0 radical (unpaired) electrons. The molecule has 2 aromatic carbocycles. The van der Waals surface area contributed by atoms with Gasteiger partial charge in [0, 0.05) is 28.5 Å². The van der Waals surface area contributed by atoms with Crippen molar-refractivity contribution in [3.05, 3.63) is 65.4 Å². The van der Waals surface area contributed by atoms with Gasteiger partial charge in [0.05, 0.1) is 25.0 Å². The van der Waals surface area contributed by atoms with Gasteiger partial charge in [-0.3, -0.25) is 9.78 Å². The van der Waals surface area contributed by atoms with Crippen LogP contribution in [-0.4, -0.2) is 42.7 Å². The Morgan fingerprint density at radius 1 is 1.16 bits per heavy atom. The molecule has 3 heterocycles. The van der Waals surface area contributed by atoms with Gasteiger partial charge in [0.15, 0.2) is 0 Å². The minimum Gasteiger partial charge on any atom is -0.497 e. The van der Waals surface area contributed by atoms with E-state index in [1.807, 2.05) is 42.5 Å². The predicted molar refractivity (Wildman–Crippen MR) is 119 cm³/mol. The van der Waals surface area contributed by atoms with E-state index in [4.69, 9.17) is 16.3 Å². The highest BCUT2D eigenvalue weighted by Gasteiger charge is 2.45. The van der Waals surface area contributed by atoms with Crippen LogP contribution >= 0.6 is 11.6 Å². The lowest BCUT2D eigenvalue weighted by Crippen LogP contribution is -2.69. The fraction of sp³-hybridized carbons (Fsp3) is 0.261. The lowest BCUT2D eigenvalue weighted by atomic mass is 9.84. The van der Waals surface area contributed by atoms with Gasteiger partial charge in [0.2, 0.25) is 0 Å². The predicted octanol–water partition coefficient (Wildman–Crippen LogP) is 3.47. The summed E-state index contributed by atoms with van der Waals surface area (Å²) in [6.45, 7) is 0.567. The number of carbonyl (C=O) groups is 2. The quantitative estimate of drug-likeness (QED) is 0.656. The Balaban J connectivity index is 1.43. The molecule has 158 valence electrons. The second-order valence-electron chi connectivity index (χ2n) is 7.82. The Hall–Kier alpha value is -3.16. The van der Waals surface area contributed by atoms with Gasteiger partial charge in [-0.05, 0) is 36.1 Å². The normalized spacial score (nSPS) is 23.4. The number of piperidine rings is 1. The second-order valence-corrected chi connectivity index (χ2v) is 8.22. The molecule has 2 saturated heterocycles. The molecule has 0 saturated carbocycles. The largest absolute Gasteiger partial charge is 0.497 e. The van der Waals surface area contributed by atoms with Crippen molar-refractivity contribution in [1.82, 2.24) is 15.6 Å². The molecule has 2 fully saturated rings. The van der Waals surface area contributed by atoms with E-state index < -0.39 is 12.1 Å². The maximum absolute atomic E-state index is 13.4. The van der Waals surface area contributed by atoms with Crippen LogP contribution in [0.4, 0.5) is 10.5 Å². The first kappa shape index (κ1) is 19.8. The molecule has 2 aliphatic heterocycles. The lowest BCUT2D eigenvalue weighted by molar-refractivity contribution is -0.121. The van der Waals surface area contributed by atoms with Crippen molar-refractivity contribution in [3.8, 4) is 5.75 Å². The minimum absolute atomic E-state index is 0.0442. The van der Waals surface area contributed by atoms with E-state index >= 15 is 0 Å². The second kappa shape index (κ2) is 7.83. The number of amides is 3. The number of fused-ring (bicyclic) bond motifs is 2. The van der Waals surface area contributed by atoms with Crippen LogP contribution < -0.4 is 20.3 Å². The van der Waals surface area contributed by atoms with Crippen molar-refractivity contribution in [2.24, 2.45) is 0 Å². The molecule has 31 heavy (non-hydrogen) atoms. The molecule has 0 aliphatic carbocycles. The van der Waals surface area contributed by atoms with Gasteiger partial charge in [-0.1, -0.05) is 35.9 Å². The molecule has 3 unspecified atom stereocenters. The van der Waals surface area contributed by atoms with Gasteiger partial charge in [-0.2, -0.15) is 0 Å². The number of aromatic nitrogens is 1. The smallest absolute Gasteiger partial charge is 0.329 e. The summed E-state index contributed by atoms with van der Waals surface area (Å²) in [6, 6.07) is 11.8. The lowest BCUT2D eigenvalue weighted by Gasteiger charge is -2.43. The van der Waals surface area contributed by atoms with Gasteiger partial charge in [0.1, 0.15) is 11.8 Å². The Bertz CT molecular complexity index is 1180. The van der Waals surface area contributed by atoms with E-state index in [-0.39, 0.29) is 17.9 Å². The van der Waals surface area contributed by atoms with E-state index in [1.54, 1.807) is 19.5 Å². The molecule has 3 amide bonds. The van der Waals surface area contributed by atoms with E-state index in [9.17, 15) is 9.59 Å². The van der Waals surface area contributed by atoms with Gasteiger partial charge >= 0.3 is 6.03 Å². The highest BCUT2D eigenvalue weighted by Crippen LogP contribution is 2.36. The number of hydrogen-bond donors (Lipinski definition) is 2. The molecule has 0 bridgehead atoms. The van der Waals surface area contributed by atoms with Crippen molar-refractivity contribution >= 4 is 40.0 Å². The van der Waals surface area contributed by atoms with Crippen LogP contribution in [0.1, 0.15) is 17.9 Å². The number of ether oxygens (including phenoxy) is 1. The SMILES string of the molecule is COc1ccc(Cl)c(C2CNC3C(=O)N(c4cncc5ccccc45)C(=O)NC3C2)c1. The Morgan fingerprint density at radius 2 is 2.00 bits per heavy atom. The summed E-state index contributed by atoms with van der Waals surface area (Å²) in [6.07, 6.45) is 3.88. The summed E-state index contributed by atoms with van der Waals surface area (Å²) < 4.78 is 5.32. The molecule has 2 N–H and O–H groups in total. The summed E-state index contributed by atoms with van der Waals surface area (Å²) in [5, 5.41) is 8.65. The third kappa shape index (κ3) is 3.40. The zero-order valence-electron chi connectivity index (χ0n) is 16.8. The average molecular weight is 437 g/mol. The highest BCUT2D eigenvalue weighted by atomic mass is 35.5. The first-order valence-corrected chi connectivity index (χ1v) is 10.5. The summed E-state index contributed by atoms with van der Waals surface area (Å²) in [5.74, 6) is 0.490. The first-order valence-electron chi connectivity index (χ1n) is 10.1. The standard InChI is InChI=1S/C23H21ClN4O3/c1-31-15-6-7-18(24)17(9-15)14-8-19-21(26-11-14)22(29)28(23(30)27-19)20-12-25-10-13-4-2-3-5-16(13)20/h2-7,9-10,12,14,19,21,26H,8,11H2,1H3,(H,27,30). The number of benzene rings is 2. The number of anilines is 1. The number of halogens is 1. The van der Waals surface area contributed by atoms with Crippen LogP contribution in [0.25, 0.3) is 10.8 Å². The van der Waals surface area contributed by atoms with E-state index in [0.29, 0.717) is 23.7 Å². The van der Waals surface area contributed by atoms with Crippen molar-refractivity contribution < 1.29 is 14.3 Å². The third-order valence-corrected chi connectivity index (χ3v) is 6.40. The molecule has 3 atom stereocenters. The topological polar surface area (TPSA) is 83.6 Å². The van der Waals surface area contributed by atoms with Crippen molar-refractivity contribution in [2.75, 3.05) is 18.6 Å². The number of nitrogens with zero attached hydrogens (tertiary/aromatic N) is 2. The number of imide groups is 1.